The Morgan fingerprint density at radius 1 is 1.24 bits per heavy atom. The molecule has 3 heterocycles. The van der Waals surface area contributed by atoms with Gasteiger partial charge in [-0.1, -0.05) is 19.3 Å². The van der Waals surface area contributed by atoms with Crippen molar-refractivity contribution in [1.82, 2.24) is 9.55 Å². The quantitative estimate of drug-likeness (QED) is 0.698. The van der Waals surface area contributed by atoms with E-state index in [4.69, 9.17) is 4.42 Å². The Hall–Kier alpha value is -2.08. The van der Waals surface area contributed by atoms with E-state index in [-0.39, 0.29) is 4.90 Å². The van der Waals surface area contributed by atoms with Crippen LogP contribution in [0, 0.1) is 5.92 Å². The zero-order chi connectivity index (χ0) is 17.4. The van der Waals surface area contributed by atoms with E-state index in [0.717, 1.165) is 29.0 Å². The number of furan rings is 1. The molecular weight excluding hydrogens is 336 g/mol. The van der Waals surface area contributed by atoms with Crippen molar-refractivity contribution in [2.45, 2.75) is 43.5 Å². The molecule has 1 fully saturated rings. The summed E-state index contributed by atoms with van der Waals surface area (Å²) in [5, 5.41) is 0.838. The molecular formula is C19H22N2O3S. The van der Waals surface area contributed by atoms with Gasteiger partial charge in [-0.2, -0.15) is 0 Å². The second kappa shape index (κ2) is 6.33. The maximum Gasteiger partial charge on any atom is 0.177 e. The smallest absolute Gasteiger partial charge is 0.177 e. The molecule has 1 aliphatic carbocycles. The van der Waals surface area contributed by atoms with Gasteiger partial charge in [0, 0.05) is 24.4 Å². The molecule has 6 heteroatoms. The largest absolute Gasteiger partial charge is 0.463 e. The van der Waals surface area contributed by atoms with E-state index in [1.54, 1.807) is 12.3 Å². The van der Waals surface area contributed by atoms with Gasteiger partial charge in [-0.3, -0.25) is 0 Å². The Morgan fingerprint density at radius 2 is 2.04 bits per heavy atom. The molecule has 0 aromatic carbocycles. The Kier molecular flexibility index (Phi) is 4.15. The van der Waals surface area contributed by atoms with Crippen molar-refractivity contribution in [2.75, 3.05) is 6.26 Å². The van der Waals surface area contributed by atoms with Crippen LogP contribution in [-0.4, -0.2) is 24.2 Å². The van der Waals surface area contributed by atoms with Crippen LogP contribution in [0.25, 0.3) is 22.5 Å². The number of fused-ring (bicyclic) bond motifs is 1. The van der Waals surface area contributed by atoms with Crippen LogP contribution in [0.5, 0.6) is 0 Å². The van der Waals surface area contributed by atoms with E-state index in [1.165, 1.54) is 44.6 Å². The van der Waals surface area contributed by atoms with Crippen LogP contribution in [0.15, 0.2) is 46.0 Å². The molecule has 0 radical (unpaired) electrons. The van der Waals surface area contributed by atoms with Crippen LogP contribution in [0.4, 0.5) is 0 Å². The first-order valence-electron chi connectivity index (χ1n) is 8.75. The molecule has 1 saturated carbocycles. The summed E-state index contributed by atoms with van der Waals surface area (Å²) in [6.45, 7) is 0.894. The highest BCUT2D eigenvalue weighted by Crippen LogP contribution is 2.32. The Balaban J connectivity index is 1.83. The minimum atomic E-state index is -3.27. The molecule has 0 saturated heterocycles. The minimum absolute atomic E-state index is 0.251. The standard InChI is InChI=1S/C19H22N2O3S/c1-25(22,23)16-10-15-11-17(18-8-5-9-24-18)21(19(15)20-12-16)13-14-6-3-2-4-7-14/h5,8-12,14H,2-4,6-7,13H2,1H3. The van der Waals surface area contributed by atoms with Crippen LogP contribution < -0.4 is 0 Å². The van der Waals surface area contributed by atoms with Gasteiger partial charge >= 0.3 is 0 Å². The van der Waals surface area contributed by atoms with Crippen molar-refractivity contribution in [3.63, 3.8) is 0 Å². The lowest BCUT2D eigenvalue weighted by molar-refractivity contribution is 0.322. The van der Waals surface area contributed by atoms with Gasteiger partial charge in [-0.25, -0.2) is 13.4 Å². The van der Waals surface area contributed by atoms with Crippen LogP contribution in [0.1, 0.15) is 32.1 Å². The van der Waals surface area contributed by atoms with E-state index < -0.39 is 9.84 Å². The van der Waals surface area contributed by atoms with Gasteiger partial charge in [-0.15, -0.1) is 0 Å². The zero-order valence-electron chi connectivity index (χ0n) is 14.3. The maximum atomic E-state index is 11.8. The first-order chi connectivity index (χ1) is 12.0. The molecule has 3 aromatic heterocycles. The second-order valence-corrected chi connectivity index (χ2v) is 8.99. The Labute approximate surface area is 147 Å². The summed E-state index contributed by atoms with van der Waals surface area (Å²) >= 11 is 0. The third kappa shape index (κ3) is 3.23. The molecule has 0 atom stereocenters. The fraction of sp³-hybridized carbons (Fsp3) is 0.421. The second-order valence-electron chi connectivity index (χ2n) is 6.98. The Bertz CT molecular complexity index is 981. The normalized spacial score (nSPS) is 16.5. The van der Waals surface area contributed by atoms with Gasteiger partial charge < -0.3 is 8.98 Å². The van der Waals surface area contributed by atoms with Gasteiger partial charge in [-0.05, 0) is 43.0 Å². The highest BCUT2D eigenvalue weighted by molar-refractivity contribution is 7.90. The summed E-state index contributed by atoms with van der Waals surface area (Å²) in [4.78, 5) is 4.74. The lowest BCUT2D eigenvalue weighted by atomic mass is 9.89. The van der Waals surface area contributed by atoms with Crippen molar-refractivity contribution < 1.29 is 12.8 Å². The topological polar surface area (TPSA) is 65.1 Å². The average molecular weight is 358 g/mol. The third-order valence-electron chi connectivity index (χ3n) is 5.08. The molecule has 0 aliphatic heterocycles. The van der Waals surface area contributed by atoms with Gasteiger partial charge in [0.25, 0.3) is 0 Å². The van der Waals surface area contributed by atoms with E-state index in [9.17, 15) is 8.42 Å². The van der Waals surface area contributed by atoms with Crippen LogP contribution >= 0.6 is 0 Å². The monoisotopic (exact) mass is 358 g/mol. The van der Waals surface area contributed by atoms with Crippen LogP contribution in [-0.2, 0) is 16.4 Å². The molecule has 0 spiro atoms. The fourth-order valence-electron chi connectivity index (χ4n) is 3.77. The number of hydrogen-bond donors (Lipinski definition) is 0. The van der Waals surface area contributed by atoms with Gasteiger partial charge in [0.05, 0.1) is 16.9 Å². The number of aromatic nitrogens is 2. The minimum Gasteiger partial charge on any atom is -0.463 e. The third-order valence-corrected chi connectivity index (χ3v) is 6.16. The van der Waals surface area contributed by atoms with Gasteiger partial charge in [0.2, 0.25) is 0 Å². The summed E-state index contributed by atoms with van der Waals surface area (Å²) in [7, 11) is -3.27. The molecule has 1 aliphatic rings. The predicted octanol–water partition coefficient (Wildman–Crippen LogP) is 4.28. The number of sulfone groups is 1. The molecule has 0 unspecified atom stereocenters. The predicted molar refractivity (Wildman–Crippen MR) is 97.1 cm³/mol. The number of rotatable bonds is 4. The summed E-state index contributed by atoms with van der Waals surface area (Å²) in [5.41, 5.74) is 1.79. The molecule has 0 amide bonds. The Morgan fingerprint density at radius 3 is 2.72 bits per heavy atom. The summed E-state index contributed by atoms with van der Waals surface area (Å²) < 4.78 is 31.5. The van der Waals surface area contributed by atoms with Crippen molar-refractivity contribution in [1.29, 1.82) is 0 Å². The summed E-state index contributed by atoms with van der Waals surface area (Å²) in [5.74, 6) is 1.42. The van der Waals surface area contributed by atoms with Crippen LogP contribution in [0.3, 0.4) is 0 Å². The lowest BCUT2D eigenvalue weighted by Crippen LogP contribution is -2.15. The first kappa shape index (κ1) is 16.4. The SMILES string of the molecule is CS(=O)(=O)c1cnc2c(c1)cc(-c1ccco1)n2CC1CCCCC1. The zero-order valence-corrected chi connectivity index (χ0v) is 15.1. The number of pyridine rings is 1. The highest BCUT2D eigenvalue weighted by atomic mass is 32.2. The summed E-state index contributed by atoms with van der Waals surface area (Å²) in [6, 6.07) is 7.50. The van der Waals surface area contributed by atoms with E-state index in [1.807, 2.05) is 18.2 Å². The van der Waals surface area contributed by atoms with E-state index in [2.05, 4.69) is 9.55 Å². The molecule has 25 heavy (non-hydrogen) atoms. The first-order valence-corrected chi connectivity index (χ1v) is 10.6. The van der Waals surface area contributed by atoms with Crippen LogP contribution in [0.2, 0.25) is 0 Å². The molecule has 4 rings (SSSR count). The highest BCUT2D eigenvalue weighted by Gasteiger charge is 2.20. The molecule has 3 aromatic rings. The van der Waals surface area contributed by atoms with E-state index >= 15 is 0 Å². The van der Waals surface area contributed by atoms with Gasteiger partial charge in [0.1, 0.15) is 11.4 Å². The van der Waals surface area contributed by atoms with Crippen molar-refractivity contribution in [2.24, 2.45) is 5.92 Å². The molecule has 132 valence electrons. The van der Waals surface area contributed by atoms with Gasteiger partial charge in [0.15, 0.2) is 9.84 Å². The number of hydrogen-bond acceptors (Lipinski definition) is 4. The van der Waals surface area contributed by atoms with Crippen molar-refractivity contribution in [3.05, 3.63) is 36.7 Å². The maximum absolute atomic E-state index is 11.8. The lowest BCUT2D eigenvalue weighted by Gasteiger charge is -2.23. The molecule has 0 N–H and O–H groups in total. The summed E-state index contributed by atoms with van der Waals surface area (Å²) in [6.07, 6.45) is 10.7. The molecule has 5 nitrogen and oxygen atoms in total. The van der Waals surface area contributed by atoms with Crippen molar-refractivity contribution in [3.8, 4) is 11.5 Å². The average Bonchev–Trinajstić information content (AvgIpc) is 3.23. The van der Waals surface area contributed by atoms with Crippen molar-refractivity contribution >= 4 is 20.9 Å². The fourth-order valence-corrected chi connectivity index (χ4v) is 4.35. The molecule has 0 bridgehead atoms. The van der Waals surface area contributed by atoms with E-state index in [0.29, 0.717) is 5.92 Å². The number of nitrogens with zero attached hydrogens (tertiary/aromatic N) is 2.